The van der Waals surface area contributed by atoms with E-state index in [2.05, 4.69) is 26.0 Å². The van der Waals surface area contributed by atoms with Gasteiger partial charge in [-0.1, -0.05) is 0 Å². The van der Waals surface area contributed by atoms with Crippen molar-refractivity contribution < 1.29 is 19.0 Å². The number of carbonyl (C=O) groups excluding carboxylic acids is 1. The molecule has 0 atom stereocenters. The maximum absolute atomic E-state index is 12.8. The van der Waals surface area contributed by atoms with Gasteiger partial charge in [-0.05, 0) is 47.5 Å². The Hall–Kier alpha value is -2.72. The fourth-order valence-corrected chi connectivity index (χ4v) is 4.20. The number of aryl methyl sites for hydroxylation is 1. The van der Waals surface area contributed by atoms with Crippen molar-refractivity contribution in [2.24, 2.45) is 5.10 Å². The van der Waals surface area contributed by atoms with Gasteiger partial charge in [0.1, 0.15) is 16.0 Å². The van der Waals surface area contributed by atoms with Crippen LogP contribution in [0.2, 0.25) is 0 Å². The first-order valence-electron chi connectivity index (χ1n) is 8.31. The minimum absolute atomic E-state index is 0.169. The molecule has 0 fully saturated rings. The number of halogens is 1. The van der Waals surface area contributed by atoms with E-state index in [1.807, 2.05) is 0 Å². The first-order valence-corrected chi connectivity index (χ1v) is 9.92. The van der Waals surface area contributed by atoms with Crippen molar-refractivity contribution in [1.29, 1.82) is 0 Å². The van der Waals surface area contributed by atoms with Gasteiger partial charge in [-0.3, -0.25) is 4.79 Å². The molecule has 0 aliphatic carbocycles. The molecule has 0 saturated carbocycles. The van der Waals surface area contributed by atoms with Crippen molar-refractivity contribution in [3.8, 4) is 11.5 Å². The molecule has 1 aliphatic rings. The maximum Gasteiger partial charge on any atom is 0.348 e. The molecule has 0 N–H and O–H groups in total. The molecule has 28 heavy (non-hydrogen) atoms. The van der Waals surface area contributed by atoms with Gasteiger partial charge in [0.25, 0.3) is 5.56 Å². The summed E-state index contributed by atoms with van der Waals surface area (Å²) >= 11 is 4.58. The molecule has 8 nitrogen and oxygen atoms in total. The summed E-state index contributed by atoms with van der Waals surface area (Å²) in [5, 5.41) is 4.58. The molecule has 4 rings (SSSR count). The maximum atomic E-state index is 12.8. The smallest absolute Gasteiger partial charge is 0.348 e. The van der Waals surface area contributed by atoms with Crippen LogP contribution in [0.4, 0.5) is 0 Å². The topological polar surface area (TPSA) is 92.0 Å². The Morgan fingerprint density at radius 2 is 2.18 bits per heavy atom. The summed E-state index contributed by atoms with van der Waals surface area (Å²) in [6.45, 7) is 3.87. The molecule has 0 bridgehead atoms. The Labute approximate surface area is 171 Å². The zero-order valence-corrected chi connectivity index (χ0v) is 17.3. The highest BCUT2D eigenvalue weighted by atomic mass is 79.9. The van der Waals surface area contributed by atoms with E-state index in [1.165, 1.54) is 12.5 Å². The number of nitrogens with zero attached hydrogens (tertiary/aromatic N) is 3. The van der Waals surface area contributed by atoms with Gasteiger partial charge < -0.3 is 14.2 Å². The molecule has 1 aliphatic heterocycles. The monoisotopic (exact) mass is 463 g/mol. The summed E-state index contributed by atoms with van der Waals surface area (Å²) in [5.74, 6) is 0.796. The van der Waals surface area contributed by atoms with Crippen LogP contribution in [0, 0.1) is 6.92 Å². The van der Waals surface area contributed by atoms with Crippen LogP contribution < -0.4 is 15.0 Å². The molecular weight excluding hydrogens is 450 g/mol. The third-order valence-electron chi connectivity index (χ3n) is 4.11. The molecule has 3 aromatic rings. The average Bonchev–Trinajstić information content (AvgIpc) is 3.25. The van der Waals surface area contributed by atoms with Crippen molar-refractivity contribution in [3.63, 3.8) is 0 Å². The SMILES string of the molecule is CCOC(=O)c1sc2ncn(/N=C/c3cc4c(cc3Br)OCO4)c(=O)c2c1C. The van der Waals surface area contributed by atoms with Crippen LogP contribution in [-0.4, -0.2) is 35.2 Å². The number of carbonyl (C=O) groups is 1. The lowest BCUT2D eigenvalue weighted by atomic mass is 10.2. The summed E-state index contributed by atoms with van der Waals surface area (Å²) in [4.78, 5) is 30.0. The zero-order chi connectivity index (χ0) is 19.8. The number of benzene rings is 1. The van der Waals surface area contributed by atoms with Crippen LogP contribution in [-0.2, 0) is 4.74 Å². The van der Waals surface area contributed by atoms with Gasteiger partial charge in [0.05, 0.1) is 18.2 Å². The van der Waals surface area contributed by atoms with Crippen LogP contribution in [0.15, 0.2) is 32.8 Å². The predicted octanol–water partition coefficient (Wildman–Crippen LogP) is 3.32. The predicted molar refractivity (Wildman–Crippen MR) is 108 cm³/mol. The number of fused-ring (bicyclic) bond motifs is 2. The largest absolute Gasteiger partial charge is 0.462 e. The van der Waals surface area contributed by atoms with Crippen molar-refractivity contribution in [2.45, 2.75) is 13.8 Å². The fraction of sp³-hybridized carbons (Fsp3) is 0.222. The van der Waals surface area contributed by atoms with Crippen molar-refractivity contribution in [3.05, 3.63) is 49.3 Å². The number of esters is 1. The van der Waals surface area contributed by atoms with Crippen LogP contribution in [0.25, 0.3) is 10.2 Å². The minimum Gasteiger partial charge on any atom is -0.462 e. The Morgan fingerprint density at radius 3 is 2.93 bits per heavy atom. The molecule has 0 amide bonds. The standard InChI is InChI=1S/C18H14BrN3O5S/c1-3-25-18(24)15-9(2)14-16(28-15)20-7-22(17(14)23)21-6-10-4-12-13(5-11(10)19)27-8-26-12/h4-7H,3,8H2,1-2H3/b21-6+. The Bertz CT molecular complexity index is 1180. The molecule has 0 unspecified atom stereocenters. The number of rotatable bonds is 4. The molecule has 0 spiro atoms. The van der Waals surface area contributed by atoms with Gasteiger partial charge in [-0.2, -0.15) is 9.78 Å². The van der Waals surface area contributed by atoms with Crippen LogP contribution in [0.3, 0.4) is 0 Å². The van der Waals surface area contributed by atoms with Gasteiger partial charge in [0.15, 0.2) is 11.5 Å². The molecule has 10 heteroatoms. The number of aromatic nitrogens is 2. The summed E-state index contributed by atoms with van der Waals surface area (Å²) < 4.78 is 17.6. The molecule has 0 saturated heterocycles. The van der Waals surface area contributed by atoms with Crippen LogP contribution in [0.1, 0.15) is 27.7 Å². The molecular formula is C18H14BrN3O5S. The van der Waals surface area contributed by atoms with Crippen molar-refractivity contribution >= 4 is 49.7 Å². The fourth-order valence-electron chi connectivity index (χ4n) is 2.74. The van der Waals surface area contributed by atoms with E-state index < -0.39 is 5.97 Å². The van der Waals surface area contributed by atoms with E-state index in [0.717, 1.165) is 20.5 Å². The summed E-state index contributed by atoms with van der Waals surface area (Å²) in [5.41, 5.74) is 0.901. The number of thiophene rings is 1. The van der Waals surface area contributed by atoms with Gasteiger partial charge in [0.2, 0.25) is 6.79 Å². The average molecular weight is 464 g/mol. The first-order chi connectivity index (χ1) is 13.5. The molecule has 3 heterocycles. The quantitative estimate of drug-likeness (QED) is 0.435. The first kappa shape index (κ1) is 18.6. The zero-order valence-electron chi connectivity index (χ0n) is 14.9. The number of hydrogen-bond donors (Lipinski definition) is 0. The van der Waals surface area contributed by atoms with Gasteiger partial charge >= 0.3 is 5.97 Å². The number of hydrogen-bond acceptors (Lipinski definition) is 8. The van der Waals surface area contributed by atoms with Gasteiger partial charge in [-0.15, -0.1) is 11.3 Å². The van der Waals surface area contributed by atoms with Gasteiger partial charge in [-0.25, -0.2) is 9.78 Å². The molecule has 2 aromatic heterocycles. The normalized spacial score (nSPS) is 12.8. The highest BCUT2D eigenvalue weighted by Gasteiger charge is 2.20. The molecule has 144 valence electrons. The van der Waals surface area contributed by atoms with E-state index in [0.29, 0.717) is 37.7 Å². The lowest BCUT2D eigenvalue weighted by molar-refractivity contribution is 0.0531. The summed E-state index contributed by atoms with van der Waals surface area (Å²) in [7, 11) is 0. The van der Waals surface area contributed by atoms with Gasteiger partial charge in [0, 0.05) is 10.0 Å². The second-order valence-corrected chi connectivity index (χ2v) is 7.68. The second-order valence-electron chi connectivity index (χ2n) is 5.82. The molecule has 0 radical (unpaired) electrons. The summed E-state index contributed by atoms with van der Waals surface area (Å²) in [6, 6.07) is 3.55. The van der Waals surface area contributed by atoms with E-state index in [1.54, 1.807) is 26.0 Å². The van der Waals surface area contributed by atoms with Crippen molar-refractivity contribution in [1.82, 2.24) is 9.66 Å². The van der Waals surface area contributed by atoms with E-state index in [-0.39, 0.29) is 19.0 Å². The van der Waals surface area contributed by atoms with Crippen molar-refractivity contribution in [2.75, 3.05) is 13.4 Å². The third kappa shape index (κ3) is 3.18. The Morgan fingerprint density at radius 1 is 1.43 bits per heavy atom. The van der Waals surface area contributed by atoms with E-state index in [4.69, 9.17) is 14.2 Å². The lowest BCUT2D eigenvalue weighted by Gasteiger charge is -2.02. The molecule has 1 aromatic carbocycles. The van der Waals surface area contributed by atoms with E-state index >= 15 is 0 Å². The summed E-state index contributed by atoms with van der Waals surface area (Å²) in [6.07, 6.45) is 2.85. The Balaban J connectivity index is 1.73. The lowest BCUT2D eigenvalue weighted by Crippen LogP contribution is -2.17. The highest BCUT2D eigenvalue weighted by Crippen LogP contribution is 2.36. The highest BCUT2D eigenvalue weighted by molar-refractivity contribution is 9.10. The third-order valence-corrected chi connectivity index (χ3v) is 5.98. The second kappa shape index (κ2) is 7.36. The minimum atomic E-state index is -0.457. The van der Waals surface area contributed by atoms with E-state index in [9.17, 15) is 9.59 Å². The van der Waals surface area contributed by atoms with Crippen LogP contribution >= 0.6 is 27.3 Å². The Kier molecular flexibility index (Phi) is 4.90. The van der Waals surface area contributed by atoms with Crippen LogP contribution in [0.5, 0.6) is 11.5 Å². The number of ether oxygens (including phenoxy) is 3.